The third-order valence-electron chi connectivity index (χ3n) is 3.84. The second-order valence-corrected chi connectivity index (χ2v) is 6.35. The van der Waals surface area contributed by atoms with Crippen LogP contribution in [0.4, 0.5) is 4.79 Å². The molecule has 1 aromatic heterocycles. The van der Waals surface area contributed by atoms with E-state index in [4.69, 9.17) is 0 Å². The van der Waals surface area contributed by atoms with Crippen LogP contribution in [-0.2, 0) is 4.79 Å². The Balaban J connectivity index is 1.90. The van der Waals surface area contributed by atoms with Gasteiger partial charge in [0.25, 0.3) is 0 Å². The summed E-state index contributed by atoms with van der Waals surface area (Å²) in [7, 11) is 0. The summed E-state index contributed by atoms with van der Waals surface area (Å²) in [6.07, 6.45) is 6.62. The minimum Gasteiger partial charge on any atom is -0.480 e. The molecule has 116 valence electrons. The Morgan fingerprint density at radius 3 is 2.62 bits per heavy atom. The van der Waals surface area contributed by atoms with Gasteiger partial charge in [-0.15, -0.1) is 11.3 Å². The fourth-order valence-corrected chi connectivity index (χ4v) is 3.38. The van der Waals surface area contributed by atoms with Crippen molar-refractivity contribution in [2.24, 2.45) is 5.92 Å². The van der Waals surface area contributed by atoms with Gasteiger partial charge in [-0.05, 0) is 25.7 Å². The summed E-state index contributed by atoms with van der Waals surface area (Å²) in [6, 6.07) is -1.49. The van der Waals surface area contributed by atoms with Crippen LogP contribution in [-0.4, -0.2) is 28.1 Å². The number of hydrogen-bond acceptors (Lipinski definition) is 4. The van der Waals surface area contributed by atoms with E-state index in [-0.39, 0.29) is 12.0 Å². The van der Waals surface area contributed by atoms with Crippen LogP contribution in [0.2, 0.25) is 0 Å². The van der Waals surface area contributed by atoms with Crippen molar-refractivity contribution < 1.29 is 14.7 Å². The van der Waals surface area contributed by atoms with Crippen molar-refractivity contribution in [3.05, 3.63) is 16.6 Å². The van der Waals surface area contributed by atoms with E-state index in [1.807, 2.05) is 12.3 Å². The molecular weight excluding hydrogens is 290 g/mol. The van der Waals surface area contributed by atoms with Crippen LogP contribution in [0, 0.1) is 5.92 Å². The standard InChI is InChI=1S/C14H21N3O3S/c1-9(12-15-7-8-21-12)16-14(20)17-11(13(18)19)10-5-3-2-4-6-10/h7-11H,2-6H2,1H3,(H,18,19)(H2,16,17,20). The number of aliphatic carboxylic acids is 1. The third kappa shape index (κ3) is 4.42. The van der Waals surface area contributed by atoms with Gasteiger partial charge < -0.3 is 15.7 Å². The molecule has 0 spiro atoms. The number of urea groups is 1. The largest absolute Gasteiger partial charge is 0.480 e. The Bertz CT molecular complexity index is 472. The average Bonchev–Trinajstić information content (AvgIpc) is 2.99. The molecule has 1 aromatic rings. The van der Waals surface area contributed by atoms with Gasteiger partial charge in [-0.25, -0.2) is 14.6 Å². The molecule has 1 saturated carbocycles. The van der Waals surface area contributed by atoms with Crippen molar-refractivity contribution in [3.8, 4) is 0 Å². The number of amides is 2. The molecule has 6 nitrogen and oxygen atoms in total. The number of hydrogen-bond donors (Lipinski definition) is 3. The molecule has 1 fully saturated rings. The first-order valence-electron chi connectivity index (χ1n) is 7.27. The van der Waals surface area contributed by atoms with Crippen molar-refractivity contribution in [1.29, 1.82) is 0 Å². The van der Waals surface area contributed by atoms with Gasteiger partial charge in [0.2, 0.25) is 0 Å². The van der Waals surface area contributed by atoms with Crippen LogP contribution in [0.5, 0.6) is 0 Å². The molecule has 21 heavy (non-hydrogen) atoms. The summed E-state index contributed by atoms with van der Waals surface area (Å²) in [5.74, 6) is -0.934. The fourth-order valence-electron chi connectivity index (χ4n) is 2.74. The summed E-state index contributed by atoms with van der Waals surface area (Å²) >= 11 is 1.46. The summed E-state index contributed by atoms with van der Waals surface area (Å²) in [5, 5.41) is 17.3. The minimum atomic E-state index is -0.959. The molecule has 2 amide bonds. The monoisotopic (exact) mass is 311 g/mol. The topological polar surface area (TPSA) is 91.3 Å². The number of carboxylic acids is 1. The smallest absolute Gasteiger partial charge is 0.326 e. The maximum atomic E-state index is 12.0. The summed E-state index contributed by atoms with van der Waals surface area (Å²) in [4.78, 5) is 27.5. The first kappa shape index (κ1) is 15.8. The zero-order valence-electron chi connectivity index (χ0n) is 12.0. The van der Waals surface area contributed by atoms with Gasteiger partial charge in [0.15, 0.2) is 0 Å². The molecule has 1 aliphatic rings. The number of carbonyl (C=O) groups is 2. The number of nitrogens with one attached hydrogen (secondary N) is 2. The lowest BCUT2D eigenvalue weighted by Crippen LogP contribution is -2.50. The van der Waals surface area contributed by atoms with Crippen molar-refractivity contribution in [2.45, 2.75) is 51.1 Å². The van der Waals surface area contributed by atoms with Gasteiger partial charge in [-0.1, -0.05) is 19.3 Å². The molecular formula is C14H21N3O3S. The van der Waals surface area contributed by atoms with Crippen LogP contribution in [0.15, 0.2) is 11.6 Å². The highest BCUT2D eigenvalue weighted by Crippen LogP contribution is 2.26. The van der Waals surface area contributed by atoms with E-state index >= 15 is 0 Å². The Kier molecular flexibility index (Phi) is 5.55. The summed E-state index contributed by atoms with van der Waals surface area (Å²) < 4.78 is 0. The lowest BCUT2D eigenvalue weighted by molar-refractivity contribution is -0.141. The van der Waals surface area contributed by atoms with Crippen LogP contribution < -0.4 is 10.6 Å². The highest BCUT2D eigenvalue weighted by atomic mass is 32.1. The van der Waals surface area contributed by atoms with Gasteiger partial charge in [-0.3, -0.25) is 0 Å². The van der Waals surface area contributed by atoms with Crippen molar-refractivity contribution >= 4 is 23.3 Å². The molecule has 1 aliphatic carbocycles. The third-order valence-corrected chi connectivity index (χ3v) is 4.80. The van der Waals surface area contributed by atoms with Crippen LogP contribution >= 0.6 is 11.3 Å². The minimum absolute atomic E-state index is 0.0252. The molecule has 1 heterocycles. The van der Waals surface area contributed by atoms with E-state index in [1.165, 1.54) is 11.3 Å². The number of aromatic nitrogens is 1. The van der Waals surface area contributed by atoms with E-state index in [2.05, 4.69) is 15.6 Å². The van der Waals surface area contributed by atoms with Gasteiger partial charge >= 0.3 is 12.0 Å². The molecule has 0 aliphatic heterocycles. The zero-order valence-corrected chi connectivity index (χ0v) is 12.9. The molecule has 0 radical (unpaired) electrons. The molecule has 0 aromatic carbocycles. The lowest BCUT2D eigenvalue weighted by atomic mass is 9.84. The van der Waals surface area contributed by atoms with Crippen LogP contribution in [0.3, 0.4) is 0 Å². The molecule has 2 unspecified atom stereocenters. The molecule has 2 rings (SSSR count). The number of carbonyl (C=O) groups excluding carboxylic acids is 1. The molecule has 7 heteroatoms. The second kappa shape index (κ2) is 7.40. The first-order valence-corrected chi connectivity index (χ1v) is 8.15. The Hall–Kier alpha value is -1.63. The maximum Gasteiger partial charge on any atom is 0.326 e. The van der Waals surface area contributed by atoms with Crippen LogP contribution in [0.25, 0.3) is 0 Å². The lowest BCUT2D eigenvalue weighted by Gasteiger charge is -2.28. The number of rotatable bonds is 5. The average molecular weight is 311 g/mol. The van der Waals surface area contributed by atoms with E-state index in [1.54, 1.807) is 6.20 Å². The van der Waals surface area contributed by atoms with E-state index in [0.29, 0.717) is 0 Å². The Morgan fingerprint density at radius 1 is 1.33 bits per heavy atom. The summed E-state index contributed by atoms with van der Waals surface area (Å²) in [6.45, 7) is 1.83. The predicted octanol–water partition coefficient (Wildman–Crippen LogP) is 2.54. The highest BCUT2D eigenvalue weighted by Gasteiger charge is 2.31. The molecule has 0 saturated heterocycles. The second-order valence-electron chi connectivity index (χ2n) is 5.42. The van der Waals surface area contributed by atoms with Gasteiger partial charge in [-0.2, -0.15) is 0 Å². The SMILES string of the molecule is CC(NC(=O)NC(C(=O)O)C1CCCCC1)c1nccs1. The number of thiazole rings is 1. The highest BCUT2D eigenvalue weighted by molar-refractivity contribution is 7.09. The fraction of sp³-hybridized carbons (Fsp3) is 0.643. The zero-order chi connectivity index (χ0) is 15.2. The Morgan fingerprint density at radius 2 is 2.05 bits per heavy atom. The van der Waals surface area contributed by atoms with Crippen LogP contribution in [0.1, 0.15) is 50.1 Å². The molecule has 3 N–H and O–H groups in total. The number of nitrogens with zero attached hydrogens (tertiary/aromatic N) is 1. The maximum absolute atomic E-state index is 12.0. The normalized spacial score (nSPS) is 18.7. The first-order chi connectivity index (χ1) is 10.1. The van der Waals surface area contributed by atoms with Crippen molar-refractivity contribution in [3.63, 3.8) is 0 Å². The van der Waals surface area contributed by atoms with Crippen molar-refractivity contribution in [2.75, 3.05) is 0 Å². The predicted molar refractivity (Wildman–Crippen MR) is 80.2 cm³/mol. The van der Waals surface area contributed by atoms with Gasteiger partial charge in [0, 0.05) is 11.6 Å². The summed E-state index contributed by atoms with van der Waals surface area (Å²) in [5.41, 5.74) is 0. The van der Waals surface area contributed by atoms with Gasteiger partial charge in [0.05, 0.1) is 6.04 Å². The van der Waals surface area contributed by atoms with E-state index < -0.39 is 18.0 Å². The van der Waals surface area contributed by atoms with E-state index in [0.717, 1.165) is 37.1 Å². The number of carboxylic acid groups (broad SMARTS) is 1. The van der Waals surface area contributed by atoms with E-state index in [9.17, 15) is 14.7 Å². The quantitative estimate of drug-likeness (QED) is 0.779. The molecule has 0 bridgehead atoms. The molecule has 2 atom stereocenters. The van der Waals surface area contributed by atoms with Crippen molar-refractivity contribution in [1.82, 2.24) is 15.6 Å². The Labute approximate surface area is 128 Å². The van der Waals surface area contributed by atoms with Gasteiger partial charge in [0.1, 0.15) is 11.0 Å².